The highest BCUT2D eigenvalue weighted by molar-refractivity contribution is 5.89. The Balaban J connectivity index is 1.65. The zero-order chi connectivity index (χ0) is 20.1. The van der Waals surface area contributed by atoms with E-state index >= 15 is 0 Å². The molecular weight excluding hydrogens is 362 g/mol. The molecule has 3 heterocycles. The molecule has 1 saturated heterocycles. The number of rotatable bonds is 7. The van der Waals surface area contributed by atoms with Crippen LogP contribution in [0.4, 0.5) is 0 Å². The molecule has 0 amide bonds. The quantitative estimate of drug-likeness (QED) is 0.673. The molecule has 1 aliphatic heterocycles. The van der Waals surface area contributed by atoms with Crippen molar-refractivity contribution < 1.29 is 9.84 Å². The van der Waals surface area contributed by atoms with Gasteiger partial charge in [0.2, 0.25) is 5.88 Å². The van der Waals surface area contributed by atoms with E-state index < -0.39 is 0 Å². The van der Waals surface area contributed by atoms with E-state index in [0.29, 0.717) is 5.92 Å². The Labute approximate surface area is 174 Å². The maximum absolute atomic E-state index is 9.93. The van der Waals surface area contributed by atoms with Gasteiger partial charge in [-0.25, -0.2) is 4.98 Å². The summed E-state index contributed by atoms with van der Waals surface area (Å²) in [5.41, 5.74) is 2.48. The summed E-state index contributed by atoms with van der Waals surface area (Å²) < 4.78 is 6.34. The van der Waals surface area contributed by atoms with Gasteiger partial charge in [-0.3, -0.25) is 4.98 Å². The molecule has 0 radical (unpaired) electrons. The number of hydrogen-bond donors (Lipinski definition) is 2. The topological polar surface area (TPSA) is 67.3 Å². The third-order valence-electron chi connectivity index (χ3n) is 6.56. The largest absolute Gasteiger partial charge is 0.474 e. The zero-order valence-electron chi connectivity index (χ0n) is 17.7. The van der Waals surface area contributed by atoms with Crippen LogP contribution in [0.3, 0.4) is 0 Å². The highest BCUT2D eigenvalue weighted by atomic mass is 16.5. The number of nitrogens with zero attached hydrogens (tertiary/aromatic N) is 2. The molecule has 2 aromatic heterocycles. The average Bonchev–Trinajstić information content (AvgIpc) is 2.75. The van der Waals surface area contributed by atoms with E-state index in [4.69, 9.17) is 14.7 Å². The Bertz CT molecular complexity index is 796. The molecule has 0 bridgehead atoms. The van der Waals surface area contributed by atoms with Crippen molar-refractivity contribution in [3.63, 3.8) is 0 Å². The number of piperidine rings is 1. The van der Waals surface area contributed by atoms with Crippen molar-refractivity contribution in [3.8, 4) is 5.88 Å². The Morgan fingerprint density at radius 1 is 1.00 bits per heavy atom. The van der Waals surface area contributed by atoms with Crippen LogP contribution in [-0.2, 0) is 6.42 Å². The van der Waals surface area contributed by atoms with Crippen LogP contribution in [0.15, 0.2) is 18.5 Å². The van der Waals surface area contributed by atoms with Gasteiger partial charge in [-0.2, -0.15) is 0 Å². The fourth-order valence-corrected chi connectivity index (χ4v) is 4.75. The van der Waals surface area contributed by atoms with Gasteiger partial charge in [0, 0.05) is 18.1 Å². The summed E-state index contributed by atoms with van der Waals surface area (Å²) in [7, 11) is 0. The molecule has 0 atom stereocenters. The molecule has 0 aromatic carbocycles. The van der Waals surface area contributed by atoms with Gasteiger partial charge in [-0.05, 0) is 87.4 Å². The van der Waals surface area contributed by atoms with Crippen LogP contribution >= 0.6 is 0 Å². The molecule has 1 aliphatic carbocycles. The maximum atomic E-state index is 9.93. The summed E-state index contributed by atoms with van der Waals surface area (Å²) in [6.45, 7) is 4.25. The van der Waals surface area contributed by atoms with E-state index in [0.717, 1.165) is 69.3 Å². The lowest BCUT2D eigenvalue weighted by molar-refractivity contribution is 0.122. The number of aromatic nitrogens is 2. The lowest BCUT2D eigenvalue weighted by atomic mass is 9.82. The van der Waals surface area contributed by atoms with E-state index in [9.17, 15) is 5.11 Å². The van der Waals surface area contributed by atoms with Crippen molar-refractivity contribution in [1.82, 2.24) is 15.3 Å². The lowest BCUT2D eigenvalue weighted by Crippen LogP contribution is -2.34. The highest BCUT2D eigenvalue weighted by Gasteiger charge is 2.25. The number of ether oxygens (including phenoxy) is 1. The van der Waals surface area contributed by atoms with Crippen molar-refractivity contribution in [2.45, 2.75) is 89.3 Å². The van der Waals surface area contributed by atoms with Crippen molar-refractivity contribution in [2.75, 3.05) is 13.1 Å². The fourth-order valence-electron chi connectivity index (χ4n) is 4.75. The lowest BCUT2D eigenvalue weighted by Gasteiger charge is -2.27. The molecule has 2 aromatic rings. The number of nitrogens with one attached hydrogen (secondary N) is 1. The zero-order valence-corrected chi connectivity index (χ0v) is 17.7. The summed E-state index contributed by atoms with van der Waals surface area (Å²) in [6, 6.07) is 2.28. The van der Waals surface area contributed by atoms with Crippen LogP contribution in [0, 0.1) is 0 Å². The first-order chi connectivity index (χ1) is 14.2. The standard InChI is InChI=1S/C24H35N3O2/c1-2-3-4-5-18-14-21-22(17-6-8-19(28)9-7-17)15-27-24(23(21)16-26-18)29-20-10-12-25-13-11-20/h14-17,19-20,25,28H,2-13H2,1H3. The first-order valence-corrected chi connectivity index (χ1v) is 11.6. The normalized spacial score (nSPS) is 23.4. The molecule has 1 saturated carbocycles. The van der Waals surface area contributed by atoms with Crippen LogP contribution in [0.25, 0.3) is 10.8 Å². The van der Waals surface area contributed by atoms with Gasteiger partial charge >= 0.3 is 0 Å². The van der Waals surface area contributed by atoms with Crippen LogP contribution in [0.5, 0.6) is 5.88 Å². The van der Waals surface area contributed by atoms with Gasteiger partial charge in [0.1, 0.15) is 6.10 Å². The van der Waals surface area contributed by atoms with E-state index in [1.807, 2.05) is 12.4 Å². The highest BCUT2D eigenvalue weighted by Crippen LogP contribution is 2.38. The molecular formula is C24H35N3O2. The average molecular weight is 398 g/mol. The predicted molar refractivity (Wildman–Crippen MR) is 117 cm³/mol. The van der Waals surface area contributed by atoms with Crippen LogP contribution in [0.1, 0.15) is 81.9 Å². The monoisotopic (exact) mass is 397 g/mol. The number of aryl methyl sites for hydroxylation is 1. The SMILES string of the molecule is CCCCCc1cc2c(C3CCC(O)CC3)cnc(OC3CCNCC3)c2cn1. The van der Waals surface area contributed by atoms with Gasteiger partial charge in [0.05, 0.1) is 11.5 Å². The minimum absolute atomic E-state index is 0.140. The van der Waals surface area contributed by atoms with Crippen LogP contribution < -0.4 is 10.1 Å². The second-order valence-corrected chi connectivity index (χ2v) is 8.77. The summed E-state index contributed by atoms with van der Waals surface area (Å²) in [5, 5.41) is 15.6. The number of unbranched alkanes of at least 4 members (excludes halogenated alkanes) is 2. The summed E-state index contributed by atoms with van der Waals surface area (Å²) in [5.74, 6) is 1.20. The third-order valence-corrected chi connectivity index (χ3v) is 6.56. The van der Waals surface area contributed by atoms with Crippen molar-refractivity contribution in [3.05, 3.63) is 29.7 Å². The van der Waals surface area contributed by atoms with Crippen molar-refractivity contribution in [2.24, 2.45) is 0 Å². The van der Waals surface area contributed by atoms with Crippen LogP contribution in [0.2, 0.25) is 0 Å². The second kappa shape index (κ2) is 9.86. The van der Waals surface area contributed by atoms with Crippen LogP contribution in [-0.4, -0.2) is 40.4 Å². The van der Waals surface area contributed by atoms with Gasteiger partial charge < -0.3 is 15.2 Å². The third kappa shape index (κ3) is 5.07. The molecule has 5 heteroatoms. The molecule has 0 spiro atoms. The Kier molecular flexibility index (Phi) is 6.98. The molecule has 4 rings (SSSR count). The number of aliphatic hydroxyl groups excluding tert-OH is 1. The fraction of sp³-hybridized carbons (Fsp3) is 0.667. The smallest absolute Gasteiger partial charge is 0.223 e. The van der Waals surface area contributed by atoms with Gasteiger partial charge in [0.15, 0.2) is 0 Å². The summed E-state index contributed by atoms with van der Waals surface area (Å²) in [6.07, 6.45) is 14.7. The minimum atomic E-state index is -0.140. The summed E-state index contributed by atoms with van der Waals surface area (Å²) in [4.78, 5) is 9.51. The van der Waals surface area contributed by atoms with E-state index in [1.54, 1.807) is 0 Å². The Morgan fingerprint density at radius 3 is 2.55 bits per heavy atom. The molecule has 0 unspecified atom stereocenters. The summed E-state index contributed by atoms with van der Waals surface area (Å²) >= 11 is 0. The molecule has 158 valence electrons. The molecule has 29 heavy (non-hydrogen) atoms. The first-order valence-electron chi connectivity index (χ1n) is 11.6. The molecule has 2 fully saturated rings. The van der Waals surface area contributed by atoms with Gasteiger partial charge in [-0.1, -0.05) is 19.8 Å². The molecule has 2 N–H and O–H groups in total. The number of hydrogen-bond acceptors (Lipinski definition) is 5. The Morgan fingerprint density at radius 2 is 1.79 bits per heavy atom. The van der Waals surface area contributed by atoms with Gasteiger partial charge in [0.25, 0.3) is 0 Å². The second-order valence-electron chi connectivity index (χ2n) is 8.77. The number of pyridine rings is 2. The van der Waals surface area contributed by atoms with Crippen molar-refractivity contribution in [1.29, 1.82) is 0 Å². The van der Waals surface area contributed by atoms with Crippen molar-refractivity contribution >= 4 is 10.8 Å². The maximum Gasteiger partial charge on any atom is 0.223 e. The van der Waals surface area contributed by atoms with E-state index in [2.05, 4.69) is 18.3 Å². The number of fused-ring (bicyclic) bond motifs is 1. The predicted octanol–water partition coefficient (Wildman–Crippen LogP) is 4.51. The van der Waals surface area contributed by atoms with Gasteiger partial charge in [-0.15, -0.1) is 0 Å². The first kappa shape index (κ1) is 20.5. The van der Waals surface area contributed by atoms with E-state index in [1.165, 1.54) is 35.9 Å². The minimum Gasteiger partial charge on any atom is -0.474 e. The van der Waals surface area contributed by atoms with E-state index in [-0.39, 0.29) is 12.2 Å². The molecule has 5 nitrogen and oxygen atoms in total. The molecule has 2 aliphatic rings. The Hall–Kier alpha value is -1.72. The number of aliphatic hydroxyl groups is 1.